The van der Waals surface area contributed by atoms with Crippen LogP contribution >= 0.6 is 38.6 Å². The van der Waals surface area contributed by atoms with E-state index >= 15 is 0 Å². The Hall–Kier alpha value is -1.43. The monoisotopic (exact) mass is 391 g/mol. The summed E-state index contributed by atoms with van der Waals surface area (Å²) in [7, 11) is 0. The predicted molar refractivity (Wildman–Crippen MR) is 97.8 cm³/mol. The molecule has 0 atom stereocenters. The van der Waals surface area contributed by atoms with Gasteiger partial charge in [0.05, 0.1) is 5.56 Å². The quantitative estimate of drug-likeness (QED) is 0.635. The van der Waals surface area contributed by atoms with Crippen molar-refractivity contribution in [3.05, 3.63) is 68.8 Å². The van der Waals surface area contributed by atoms with Crippen molar-refractivity contribution in [1.29, 1.82) is 0 Å². The molecule has 0 spiro atoms. The molecule has 0 unspecified atom stereocenters. The van der Waals surface area contributed by atoms with Crippen molar-refractivity contribution >= 4 is 44.5 Å². The highest BCUT2D eigenvalue weighted by Crippen LogP contribution is 2.31. The normalized spacial score (nSPS) is 10.6. The Labute approximate surface area is 146 Å². The van der Waals surface area contributed by atoms with Crippen molar-refractivity contribution in [2.24, 2.45) is 0 Å². The van der Waals surface area contributed by atoms with Crippen LogP contribution in [0.5, 0.6) is 0 Å². The minimum Gasteiger partial charge on any atom is -0.352 e. The van der Waals surface area contributed by atoms with Gasteiger partial charge in [0.1, 0.15) is 0 Å². The molecule has 1 N–H and O–H groups in total. The summed E-state index contributed by atoms with van der Waals surface area (Å²) in [6.45, 7) is 0.643. The van der Waals surface area contributed by atoms with Crippen LogP contribution in [0.15, 0.2) is 58.4 Å². The van der Waals surface area contributed by atoms with Crippen molar-refractivity contribution in [2.75, 3.05) is 6.54 Å². The molecule has 0 fully saturated rings. The van der Waals surface area contributed by atoms with E-state index in [1.54, 1.807) is 22.7 Å². The van der Waals surface area contributed by atoms with Gasteiger partial charge in [0.2, 0.25) is 0 Å². The summed E-state index contributed by atoms with van der Waals surface area (Å²) in [5.74, 6) is -0.0393. The topological polar surface area (TPSA) is 29.1 Å². The number of carbonyl (C=O) groups excluding carboxylic acids is 1. The number of benzene rings is 1. The first-order chi connectivity index (χ1) is 10.7. The molecule has 0 aliphatic carbocycles. The number of rotatable bonds is 5. The van der Waals surface area contributed by atoms with Gasteiger partial charge in [-0.2, -0.15) is 0 Å². The lowest BCUT2D eigenvalue weighted by atomic mass is 10.2. The van der Waals surface area contributed by atoms with Crippen LogP contribution in [-0.4, -0.2) is 12.5 Å². The summed E-state index contributed by atoms with van der Waals surface area (Å²) >= 11 is 6.94. The molecule has 3 rings (SSSR count). The van der Waals surface area contributed by atoms with Crippen LogP contribution < -0.4 is 5.32 Å². The molecule has 22 heavy (non-hydrogen) atoms. The lowest BCUT2D eigenvalue weighted by molar-refractivity contribution is 0.0953. The third kappa shape index (κ3) is 3.66. The standard InChI is InChI=1S/C17H14BrNOS2/c18-14-5-2-1-4-13(14)17(20)19-10-9-12-7-8-16(22-12)15-6-3-11-21-15/h1-8,11H,9-10H2,(H,19,20). The third-order valence-corrected chi connectivity index (χ3v) is 6.10. The Kier molecular flexibility index (Phi) is 5.08. The van der Waals surface area contributed by atoms with Crippen LogP contribution in [-0.2, 0) is 6.42 Å². The third-order valence-electron chi connectivity index (χ3n) is 3.20. The summed E-state index contributed by atoms with van der Waals surface area (Å²) < 4.78 is 0.823. The second kappa shape index (κ2) is 7.22. The highest BCUT2D eigenvalue weighted by atomic mass is 79.9. The number of carbonyl (C=O) groups is 1. The molecule has 0 saturated carbocycles. The molecule has 1 amide bonds. The van der Waals surface area contributed by atoms with Gasteiger partial charge < -0.3 is 5.32 Å². The van der Waals surface area contributed by atoms with E-state index in [0.717, 1.165) is 10.9 Å². The molecule has 112 valence electrons. The average Bonchev–Trinajstić information content (AvgIpc) is 3.18. The van der Waals surface area contributed by atoms with E-state index in [2.05, 4.69) is 50.9 Å². The van der Waals surface area contributed by atoms with E-state index in [1.165, 1.54) is 14.6 Å². The molecule has 1 aromatic carbocycles. The molecule has 0 radical (unpaired) electrons. The lowest BCUT2D eigenvalue weighted by Gasteiger charge is -2.05. The fraction of sp³-hybridized carbons (Fsp3) is 0.118. The first kappa shape index (κ1) is 15.5. The molecule has 0 saturated heterocycles. The van der Waals surface area contributed by atoms with Gasteiger partial charge in [-0.25, -0.2) is 0 Å². The number of hydrogen-bond donors (Lipinski definition) is 1. The molecule has 0 bridgehead atoms. The predicted octanol–water partition coefficient (Wildman–Crippen LogP) is 5.21. The lowest BCUT2D eigenvalue weighted by Crippen LogP contribution is -2.25. The maximum absolute atomic E-state index is 12.1. The Morgan fingerprint density at radius 1 is 1.05 bits per heavy atom. The van der Waals surface area contributed by atoms with Crippen LogP contribution in [0, 0.1) is 0 Å². The number of halogens is 1. The summed E-state index contributed by atoms with van der Waals surface area (Å²) in [5, 5.41) is 5.06. The minimum absolute atomic E-state index is 0.0393. The first-order valence-electron chi connectivity index (χ1n) is 6.89. The second-order valence-corrected chi connectivity index (χ2v) is 7.70. The molecular weight excluding hydrogens is 378 g/mol. The Morgan fingerprint density at radius 3 is 2.68 bits per heavy atom. The van der Waals surface area contributed by atoms with Crippen LogP contribution in [0.4, 0.5) is 0 Å². The SMILES string of the molecule is O=C(NCCc1ccc(-c2cccs2)s1)c1ccccc1Br. The molecule has 5 heteroatoms. The first-order valence-corrected chi connectivity index (χ1v) is 9.38. The highest BCUT2D eigenvalue weighted by Gasteiger charge is 2.09. The number of hydrogen-bond acceptors (Lipinski definition) is 3. The van der Waals surface area contributed by atoms with E-state index in [-0.39, 0.29) is 5.91 Å². The molecular formula is C17H14BrNOS2. The number of nitrogens with one attached hydrogen (secondary N) is 1. The average molecular weight is 392 g/mol. The summed E-state index contributed by atoms with van der Waals surface area (Å²) in [6, 6.07) is 16.0. The van der Waals surface area contributed by atoms with Crippen molar-refractivity contribution in [1.82, 2.24) is 5.32 Å². The minimum atomic E-state index is -0.0393. The van der Waals surface area contributed by atoms with Crippen LogP contribution in [0.1, 0.15) is 15.2 Å². The molecule has 3 aromatic rings. The van der Waals surface area contributed by atoms with Gasteiger partial charge >= 0.3 is 0 Å². The molecule has 2 nitrogen and oxygen atoms in total. The summed E-state index contributed by atoms with van der Waals surface area (Å²) in [5.41, 5.74) is 0.674. The van der Waals surface area contributed by atoms with Gasteiger partial charge in [0, 0.05) is 25.6 Å². The zero-order valence-corrected chi connectivity index (χ0v) is 14.9. The van der Waals surface area contributed by atoms with Crippen LogP contribution in [0.2, 0.25) is 0 Å². The van der Waals surface area contributed by atoms with E-state index in [0.29, 0.717) is 12.1 Å². The maximum atomic E-state index is 12.1. The smallest absolute Gasteiger partial charge is 0.252 e. The molecule has 0 aliphatic rings. The number of amides is 1. The molecule has 0 aliphatic heterocycles. The highest BCUT2D eigenvalue weighted by molar-refractivity contribution is 9.10. The van der Waals surface area contributed by atoms with Gasteiger partial charge in [0.25, 0.3) is 5.91 Å². The van der Waals surface area contributed by atoms with E-state index in [4.69, 9.17) is 0 Å². The number of thiophene rings is 2. The Morgan fingerprint density at radius 2 is 1.91 bits per heavy atom. The van der Waals surface area contributed by atoms with Gasteiger partial charge in [-0.3, -0.25) is 4.79 Å². The van der Waals surface area contributed by atoms with Crippen molar-refractivity contribution in [3.8, 4) is 9.75 Å². The van der Waals surface area contributed by atoms with E-state index < -0.39 is 0 Å². The van der Waals surface area contributed by atoms with Gasteiger partial charge in [-0.1, -0.05) is 18.2 Å². The van der Waals surface area contributed by atoms with Gasteiger partial charge in [-0.15, -0.1) is 22.7 Å². The molecule has 2 heterocycles. The summed E-state index contributed by atoms with van der Waals surface area (Å²) in [6.07, 6.45) is 0.853. The van der Waals surface area contributed by atoms with Gasteiger partial charge in [0.15, 0.2) is 0 Å². The fourth-order valence-corrected chi connectivity index (χ4v) is 4.41. The van der Waals surface area contributed by atoms with Crippen LogP contribution in [0.3, 0.4) is 0 Å². The van der Waals surface area contributed by atoms with Crippen molar-refractivity contribution < 1.29 is 4.79 Å². The van der Waals surface area contributed by atoms with Crippen LogP contribution in [0.25, 0.3) is 9.75 Å². The fourth-order valence-electron chi connectivity index (χ4n) is 2.10. The largest absolute Gasteiger partial charge is 0.352 e. The van der Waals surface area contributed by atoms with Crippen molar-refractivity contribution in [3.63, 3.8) is 0 Å². The van der Waals surface area contributed by atoms with E-state index in [1.807, 2.05) is 24.3 Å². The zero-order chi connectivity index (χ0) is 15.4. The Bertz CT molecular complexity index is 765. The van der Waals surface area contributed by atoms with E-state index in [9.17, 15) is 4.79 Å². The zero-order valence-electron chi connectivity index (χ0n) is 11.7. The maximum Gasteiger partial charge on any atom is 0.252 e. The second-order valence-electron chi connectivity index (χ2n) is 4.73. The Balaban J connectivity index is 1.55. The van der Waals surface area contributed by atoms with Crippen molar-refractivity contribution in [2.45, 2.75) is 6.42 Å². The molecule has 2 aromatic heterocycles. The summed E-state index contributed by atoms with van der Waals surface area (Å²) in [4.78, 5) is 16.0. The van der Waals surface area contributed by atoms with Gasteiger partial charge in [-0.05, 0) is 58.1 Å².